The van der Waals surface area contributed by atoms with E-state index >= 15 is 0 Å². The van der Waals surface area contributed by atoms with E-state index in [1.165, 1.54) is 12.8 Å². The predicted octanol–water partition coefficient (Wildman–Crippen LogP) is 6.13. The maximum atomic E-state index is 13.1. The number of hydrogen-bond donors (Lipinski definition) is 0. The minimum Gasteiger partial charge on any atom is -0.462 e. The van der Waals surface area contributed by atoms with Gasteiger partial charge in [-0.2, -0.15) is 0 Å². The molecular formula is C24H40O4. The minimum absolute atomic E-state index is 0.151. The molecule has 2 aliphatic rings. The molecule has 28 heavy (non-hydrogen) atoms. The number of ether oxygens (including phenoxy) is 2. The maximum Gasteiger partial charge on any atom is 0.334 e. The molecule has 0 heterocycles. The van der Waals surface area contributed by atoms with E-state index in [4.69, 9.17) is 9.47 Å². The molecule has 2 rings (SSSR count). The Balaban J connectivity index is 2.34. The third-order valence-corrected chi connectivity index (χ3v) is 6.22. The van der Waals surface area contributed by atoms with Gasteiger partial charge in [-0.3, -0.25) is 0 Å². The quantitative estimate of drug-likeness (QED) is 0.255. The van der Waals surface area contributed by atoms with Gasteiger partial charge in [-0.1, -0.05) is 65.2 Å². The predicted molar refractivity (Wildman–Crippen MR) is 112 cm³/mol. The van der Waals surface area contributed by atoms with Crippen LogP contribution in [0.15, 0.2) is 11.1 Å². The summed E-state index contributed by atoms with van der Waals surface area (Å²) in [5.74, 6) is -0.209. The van der Waals surface area contributed by atoms with Crippen molar-refractivity contribution in [3.63, 3.8) is 0 Å². The minimum atomic E-state index is -0.256. The van der Waals surface area contributed by atoms with Gasteiger partial charge in [0.25, 0.3) is 0 Å². The fourth-order valence-electron chi connectivity index (χ4n) is 4.55. The number of carbonyl (C=O) groups excluding carboxylic acids is 2. The average Bonchev–Trinajstić information content (AvgIpc) is 2.73. The summed E-state index contributed by atoms with van der Waals surface area (Å²) in [6.07, 6.45) is 14.6. The van der Waals surface area contributed by atoms with Gasteiger partial charge in [-0.05, 0) is 50.4 Å². The molecule has 0 aromatic carbocycles. The van der Waals surface area contributed by atoms with Gasteiger partial charge in [0.1, 0.15) is 0 Å². The van der Waals surface area contributed by atoms with Gasteiger partial charge in [-0.15, -0.1) is 0 Å². The second-order valence-electron chi connectivity index (χ2n) is 8.48. The van der Waals surface area contributed by atoms with Gasteiger partial charge in [0.05, 0.1) is 24.4 Å². The second-order valence-corrected chi connectivity index (χ2v) is 8.48. The van der Waals surface area contributed by atoms with Gasteiger partial charge in [0.2, 0.25) is 0 Å². The van der Waals surface area contributed by atoms with E-state index in [9.17, 15) is 9.59 Å². The molecule has 0 amide bonds. The van der Waals surface area contributed by atoms with Crippen LogP contribution in [0.25, 0.3) is 0 Å². The highest BCUT2D eigenvalue weighted by Gasteiger charge is 2.35. The molecular weight excluding hydrogens is 352 g/mol. The van der Waals surface area contributed by atoms with Crippen molar-refractivity contribution in [3.05, 3.63) is 11.1 Å². The summed E-state index contributed by atoms with van der Waals surface area (Å²) in [6.45, 7) is 5.05. The molecule has 2 saturated carbocycles. The lowest BCUT2D eigenvalue weighted by Crippen LogP contribution is -2.28. The maximum absolute atomic E-state index is 13.1. The van der Waals surface area contributed by atoms with Crippen LogP contribution >= 0.6 is 0 Å². The summed E-state index contributed by atoms with van der Waals surface area (Å²) in [4.78, 5) is 26.3. The highest BCUT2D eigenvalue weighted by molar-refractivity contribution is 6.01. The Morgan fingerprint density at radius 1 is 0.643 bits per heavy atom. The average molecular weight is 393 g/mol. The highest BCUT2D eigenvalue weighted by atomic mass is 16.5. The molecule has 0 bridgehead atoms. The SMILES string of the molecule is CCCCOC(=O)C(=C(C(=O)OCCCC)C1CCCCC1)C1CCCCC1. The van der Waals surface area contributed by atoms with E-state index < -0.39 is 0 Å². The molecule has 0 saturated heterocycles. The molecule has 2 aliphatic carbocycles. The van der Waals surface area contributed by atoms with Crippen LogP contribution in [0.3, 0.4) is 0 Å². The molecule has 0 aromatic heterocycles. The largest absolute Gasteiger partial charge is 0.462 e. The van der Waals surface area contributed by atoms with Crippen LogP contribution in [-0.4, -0.2) is 25.2 Å². The molecule has 0 radical (unpaired) electrons. The van der Waals surface area contributed by atoms with Gasteiger partial charge in [-0.25, -0.2) is 9.59 Å². The Kier molecular flexibility index (Phi) is 10.7. The summed E-state index contributed by atoms with van der Waals surface area (Å²) >= 11 is 0. The first kappa shape index (κ1) is 23.0. The molecule has 0 unspecified atom stereocenters. The van der Waals surface area contributed by atoms with E-state index in [0.29, 0.717) is 24.4 Å². The zero-order chi connectivity index (χ0) is 20.2. The van der Waals surface area contributed by atoms with Crippen molar-refractivity contribution in [2.45, 2.75) is 104 Å². The van der Waals surface area contributed by atoms with E-state index in [2.05, 4.69) is 13.8 Å². The number of unbranched alkanes of at least 4 members (excludes halogenated alkanes) is 2. The number of esters is 2. The van der Waals surface area contributed by atoms with E-state index in [0.717, 1.165) is 77.0 Å². The van der Waals surface area contributed by atoms with Crippen molar-refractivity contribution in [2.75, 3.05) is 13.2 Å². The normalized spacial score (nSPS) is 19.8. The lowest BCUT2D eigenvalue weighted by atomic mass is 9.75. The van der Waals surface area contributed by atoms with Crippen LogP contribution < -0.4 is 0 Å². The smallest absolute Gasteiger partial charge is 0.334 e. The van der Waals surface area contributed by atoms with Crippen LogP contribution in [-0.2, 0) is 19.1 Å². The van der Waals surface area contributed by atoms with Gasteiger partial charge < -0.3 is 9.47 Å². The molecule has 0 spiro atoms. The number of rotatable bonds is 10. The van der Waals surface area contributed by atoms with Crippen LogP contribution in [0.5, 0.6) is 0 Å². The Morgan fingerprint density at radius 2 is 1.00 bits per heavy atom. The van der Waals surface area contributed by atoms with Crippen molar-refractivity contribution in [1.29, 1.82) is 0 Å². The van der Waals surface area contributed by atoms with Crippen molar-refractivity contribution in [1.82, 2.24) is 0 Å². The molecule has 0 aromatic rings. The van der Waals surface area contributed by atoms with Crippen LogP contribution in [0, 0.1) is 11.8 Å². The molecule has 0 N–H and O–H groups in total. The van der Waals surface area contributed by atoms with E-state index in [-0.39, 0.29) is 23.8 Å². The number of carbonyl (C=O) groups is 2. The summed E-state index contributed by atoms with van der Waals surface area (Å²) in [6, 6.07) is 0. The zero-order valence-electron chi connectivity index (χ0n) is 18.1. The Bertz CT molecular complexity index is 465. The van der Waals surface area contributed by atoms with E-state index in [1.54, 1.807) is 0 Å². The first-order valence-electron chi connectivity index (χ1n) is 11.8. The molecule has 0 aliphatic heterocycles. The topological polar surface area (TPSA) is 52.6 Å². The lowest BCUT2D eigenvalue weighted by Gasteiger charge is -2.30. The van der Waals surface area contributed by atoms with Crippen molar-refractivity contribution >= 4 is 11.9 Å². The summed E-state index contributed by atoms with van der Waals surface area (Å²) < 4.78 is 11.3. The lowest BCUT2D eigenvalue weighted by molar-refractivity contribution is -0.143. The zero-order valence-corrected chi connectivity index (χ0v) is 18.1. The molecule has 4 heteroatoms. The highest BCUT2D eigenvalue weighted by Crippen LogP contribution is 2.38. The number of hydrogen-bond acceptors (Lipinski definition) is 4. The van der Waals surface area contributed by atoms with Crippen LogP contribution in [0.4, 0.5) is 0 Å². The molecule has 160 valence electrons. The summed E-state index contributed by atoms with van der Waals surface area (Å²) in [5, 5.41) is 0. The first-order chi connectivity index (χ1) is 13.7. The molecule has 0 atom stereocenters. The third-order valence-electron chi connectivity index (χ3n) is 6.22. The Morgan fingerprint density at radius 3 is 1.32 bits per heavy atom. The second kappa shape index (κ2) is 13.0. The van der Waals surface area contributed by atoms with Crippen LogP contribution in [0.1, 0.15) is 104 Å². The molecule has 4 nitrogen and oxygen atoms in total. The fourth-order valence-corrected chi connectivity index (χ4v) is 4.55. The van der Waals surface area contributed by atoms with Gasteiger partial charge >= 0.3 is 11.9 Å². The van der Waals surface area contributed by atoms with Gasteiger partial charge in [0, 0.05) is 0 Å². The van der Waals surface area contributed by atoms with Crippen LogP contribution in [0.2, 0.25) is 0 Å². The van der Waals surface area contributed by atoms with Crippen molar-refractivity contribution in [2.24, 2.45) is 11.8 Å². The fraction of sp³-hybridized carbons (Fsp3) is 0.833. The van der Waals surface area contributed by atoms with E-state index in [1.807, 2.05) is 0 Å². The Labute approximate surface area is 171 Å². The Hall–Kier alpha value is -1.32. The third kappa shape index (κ3) is 6.93. The summed E-state index contributed by atoms with van der Waals surface area (Å²) in [7, 11) is 0. The van der Waals surface area contributed by atoms with Crippen molar-refractivity contribution in [3.8, 4) is 0 Å². The summed E-state index contributed by atoms with van der Waals surface area (Å²) in [5.41, 5.74) is 1.34. The standard InChI is InChI=1S/C24H40O4/c1-3-5-17-27-23(25)21(19-13-9-7-10-14-19)22(20-15-11-8-12-16-20)24(26)28-18-6-4-2/h19-20H,3-18H2,1-2H3. The molecule has 2 fully saturated rings. The monoisotopic (exact) mass is 392 g/mol. The van der Waals surface area contributed by atoms with Crippen molar-refractivity contribution < 1.29 is 19.1 Å². The van der Waals surface area contributed by atoms with Gasteiger partial charge in [0.15, 0.2) is 0 Å². The first-order valence-corrected chi connectivity index (χ1v) is 11.8.